The molecule has 0 aromatic heterocycles. The summed E-state index contributed by atoms with van der Waals surface area (Å²) >= 11 is 0. The van der Waals surface area contributed by atoms with E-state index >= 15 is 0 Å². The first-order valence-electron chi connectivity index (χ1n) is 6.81. The first-order chi connectivity index (χ1) is 11.5. The van der Waals surface area contributed by atoms with Crippen LogP contribution in [0.15, 0.2) is 36.4 Å². The molecule has 0 aliphatic rings. The zero-order valence-electron chi connectivity index (χ0n) is 13.0. The van der Waals surface area contributed by atoms with Crippen molar-refractivity contribution in [3.63, 3.8) is 0 Å². The van der Waals surface area contributed by atoms with Crippen molar-refractivity contribution >= 4 is 17.3 Å². The number of nitriles is 1. The van der Waals surface area contributed by atoms with Crippen molar-refractivity contribution in [2.45, 2.75) is 0 Å². The summed E-state index contributed by atoms with van der Waals surface area (Å²) in [5.41, 5.74) is 1.09. The highest BCUT2D eigenvalue weighted by molar-refractivity contribution is 5.90. The molecule has 2 aromatic carbocycles. The standard InChI is InChI=1S/C17H14N2O5/c1-23-15-7-11(8-16(24-2)17(15)20)6-13(10-18)12-4-3-5-14(9-12)19(21)22/h3-9,20H,1-2H3. The molecular formula is C17H14N2O5. The van der Waals surface area contributed by atoms with E-state index < -0.39 is 4.92 Å². The fraction of sp³-hybridized carbons (Fsp3) is 0.118. The molecule has 0 heterocycles. The van der Waals surface area contributed by atoms with Crippen LogP contribution in [-0.4, -0.2) is 24.2 Å². The smallest absolute Gasteiger partial charge is 0.270 e. The number of benzene rings is 2. The average Bonchev–Trinajstić information content (AvgIpc) is 2.60. The lowest BCUT2D eigenvalue weighted by molar-refractivity contribution is -0.384. The molecular weight excluding hydrogens is 312 g/mol. The lowest BCUT2D eigenvalue weighted by atomic mass is 10.0. The summed E-state index contributed by atoms with van der Waals surface area (Å²) in [5.74, 6) is 0.236. The lowest BCUT2D eigenvalue weighted by Crippen LogP contribution is -1.91. The van der Waals surface area contributed by atoms with E-state index in [1.54, 1.807) is 6.07 Å². The predicted molar refractivity (Wildman–Crippen MR) is 87.8 cm³/mol. The quantitative estimate of drug-likeness (QED) is 0.391. The maximum Gasteiger partial charge on any atom is 0.270 e. The average molecular weight is 326 g/mol. The Hall–Kier alpha value is -3.53. The van der Waals surface area contributed by atoms with Crippen LogP contribution in [0.3, 0.4) is 0 Å². The number of non-ortho nitro benzene ring substituents is 1. The molecule has 0 bridgehead atoms. The molecule has 0 saturated carbocycles. The highest BCUT2D eigenvalue weighted by Crippen LogP contribution is 2.38. The Labute approximate surface area is 138 Å². The molecule has 24 heavy (non-hydrogen) atoms. The van der Waals surface area contributed by atoms with Crippen LogP contribution in [0, 0.1) is 21.4 Å². The molecule has 122 valence electrons. The maximum atomic E-state index is 10.9. The largest absolute Gasteiger partial charge is 0.502 e. The van der Waals surface area contributed by atoms with Crippen molar-refractivity contribution in [1.82, 2.24) is 0 Å². The monoisotopic (exact) mass is 326 g/mol. The Bertz CT molecular complexity index is 827. The molecule has 7 nitrogen and oxygen atoms in total. The SMILES string of the molecule is COc1cc(C=C(C#N)c2cccc([N+](=O)[O-])c2)cc(OC)c1O. The first kappa shape index (κ1) is 16.8. The van der Waals surface area contributed by atoms with E-state index in [1.807, 2.05) is 6.07 Å². The zero-order chi connectivity index (χ0) is 17.7. The third-order valence-electron chi connectivity index (χ3n) is 3.30. The van der Waals surface area contributed by atoms with Gasteiger partial charge in [0.2, 0.25) is 5.75 Å². The van der Waals surface area contributed by atoms with E-state index in [0.29, 0.717) is 11.1 Å². The van der Waals surface area contributed by atoms with Crippen LogP contribution in [0.5, 0.6) is 17.2 Å². The van der Waals surface area contributed by atoms with E-state index in [4.69, 9.17) is 9.47 Å². The fourth-order valence-electron chi connectivity index (χ4n) is 2.13. The van der Waals surface area contributed by atoms with Gasteiger partial charge in [0.05, 0.1) is 30.8 Å². The second-order valence-electron chi connectivity index (χ2n) is 4.75. The van der Waals surface area contributed by atoms with Crippen LogP contribution in [0.25, 0.3) is 11.6 Å². The highest BCUT2D eigenvalue weighted by Gasteiger charge is 2.12. The number of nitrogens with zero attached hydrogens (tertiary/aromatic N) is 2. The number of methoxy groups -OCH3 is 2. The summed E-state index contributed by atoms with van der Waals surface area (Å²) in [6, 6.07) is 10.9. The Kier molecular flexibility index (Phi) is 5.02. The van der Waals surface area contributed by atoms with E-state index in [9.17, 15) is 20.5 Å². The molecule has 0 amide bonds. The normalized spacial score (nSPS) is 10.8. The van der Waals surface area contributed by atoms with Crippen molar-refractivity contribution in [2.75, 3.05) is 14.2 Å². The summed E-state index contributed by atoms with van der Waals surface area (Å²) in [4.78, 5) is 10.3. The Morgan fingerprint density at radius 2 is 1.88 bits per heavy atom. The van der Waals surface area contributed by atoms with Crippen LogP contribution < -0.4 is 9.47 Å². The minimum atomic E-state index is -0.523. The zero-order valence-corrected chi connectivity index (χ0v) is 13.0. The number of aromatic hydroxyl groups is 1. The molecule has 0 aliphatic carbocycles. The van der Waals surface area contributed by atoms with Gasteiger partial charge in [-0.3, -0.25) is 10.1 Å². The molecule has 0 spiro atoms. The fourth-order valence-corrected chi connectivity index (χ4v) is 2.13. The number of phenolic OH excluding ortho intramolecular Hbond substituents is 1. The minimum absolute atomic E-state index is 0.102. The van der Waals surface area contributed by atoms with Crippen LogP contribution in [-0.2, 0) is 0 Å². The van der Waals surface area contributed by atoms with Crippen molar-refractivity contribution in [3.8, 4) is 23.3 Å². The van der Waals surface area contributed by atoms with Gasteiger partial charge in [-0.15, -0.1) is 0 Å². The third-order valence-corrected chi connectivity index (χ3v) is 3.30. The molecule has 0 atom stereocenters. The van der Waals surface area contributed by atoms with Gasteiger partial charge in [-0.25, -0.2) is 0 Å². The summed E-state index contributed by atoms with van der Waals surface area (Å²) in [5, 5.41) is 30.2. The number of phenols is 1. The van der Waals surface area contributed by atoms with Crippen molar-refractivity contribution in [3.05, 3.63) is 57.6 Å². The van der Waals surface area contributed by atoms with E-state index in [-0.39, 0.29) is 28.5 Å². The molecule has 0 aliphatic heterocycles. The number of nitro benzene ring substituents is 1. The second kappa shape index (κ2) is 7.15. The number of ether oxygens (including phenoxy) is 2. The van der Waals surface area contributed by atoms with E-state index in [0.717, 1.165) is 0 Å². The van der Waals surface area contributed by atoms with E-state index in [1.165, 1.54) is 50.6 Å². The van der Waals surface area contributed by atoms with Crippen LogP contribution in [0.4, 0.5) is 5.69 Å². The molecule has 0 unspecified atom stereocenters. The molecule has 0 saturated heterocycles. The molecule has 0 fully saturated rings. The van der Waals surface area contributed by atoms with Crippen molar-refractivity contribution in [2.24, 2.45) is 0 Å². The van der Waals surface area contributed by atoms with Gasteiger partial charge < -0.3 is 14.6 Å². The minimum Gasteiger partial charge on any atom is -0.502 e. The number of nitro groups is 1. The van der Waals surface area contributed by atoms with Crippen molar-refractivity contribution < 1.29 is 19.5 Å². The van der Waals surface area contributed by atoms with Crippen LogP contribution >= 0.6 is 0 Å². The van der Waals surface area contributed by atoms with Gasteiger partial charge in [-0.05, 0) is 29.3 Å². The number of allylic oxidation sites excluding steroid dienone is 1. The Morgan fingerprint density at radius 1 is 1.25 bits per heavy atom. The second-order valence-corrected chi connectivity index (χ2v) is 4.75. The van der Waals surface area contributed by atoms with Crippen molar-refractivity contribution in [1.29, 1.82) is 5.26 Å². The van der Waals surface area contributed by atoms with Gasteiger partial charge in [0.15, 0.2) is 11.5 Å². The van der Waals surface area contributed by atoms with Gasteiger partial charge in [0.25, 0.3) is 5.69 Å². The number of rotatable bonds is 5. The van der Waals surface area contributed by atoms with Crippen LogP contribution in [0.2, 0.25) is 0 Å². The first-order valence-corrected chi connectivity index (χ1v) is 6.81. The molecule has 1 N–H and O–H groups in total. The highest BCUT2D eigenvalue weighted by atomic mass is 16.6. The topological polar surface area (TPSA) is 106 Å². The molecule has 2 rings (SSSR count). The summed E-state index contributed by atoms with van der Waals surface area (Å²) < 4.78 is 10.1. The van der Waals surface area contributed by atoms with Gasteiger partial charge in [-0.2, -0.15) is 5.26 Å². The maximum absolute atomic E-state index is 10.9. The number of hydrogen-bond donors (Lipinski definition) is 1. The van der Waals surface area contributed by atoms with Gasteiger partial charge in [-0.1, -0.05) is 12.1 Å². The van der Waals surface area contributed by atoms with Gasteiger partial charge in [0, 0.05) is 12.1 Å². The van der Waals surface area contributed by atoms with Crippen LogP contribution in [0.1, 0.15) is 11.1 Å². The summed E-state index contributed by atoms with van der Waals surface area (Å²) in [6.07, 6.45) is 1.53. The summed E-state index contributed by atoms with van der Waals surface area (Å²) in [6.45, 7) is 0. The lowest BCUT2D eigenvalue weighted by Gasteiger charge is -2.10. The summed E-state index contributed by atoms with van der Waals surface area (Å²) in [7, 11) is 2.79. The van der Waals surface area contributed by atoms with E-state index in [2.05, 4.69) is 0 Å². The number of hydrogen-bond acceptors (Lipinski definition) is 6. The molecule has 7 heteroatoms. The molecule has 0 radical (unpaired) electrons. The third kappa shape index (κ3) is 3.44. The Morgan fingerprint density at radius 3 is 2.38 bits per heavy atom. The predicted octanol–water partition coefficient (Wildman–Crippen LogP) is 3.38. The van der Waals surface area contributed by atoms with Gasteiger partial charge >= 0.3 is 0 Å². The van der Waals surface area contributed by atoms with Gasteiger partial charge in [0.1, 0.15) is 0 Å². The Balaban J connectivity index is 2.54. The molecule has 2 aromatic rings.